The van der Waals surface area contributed by atoms with Gasteiger partial charge in [0.25, 0.3) is 0 Å². The third kappa shape index (κ3) is 2.89. The molecule has 2 fully saturated rings. The molecular formula is C15H30N2O. The normalized spacial score (nSPS) is 35.8. The van der Waals surface area contributed by atoms with Crippen molar-refractivity contribution in [1.82, 2.24) is 5.43 Å². The Hall–Kier alpha value is -0.120. The summed E-state index contributed by atoms with van der Waals surface area (Å²) >= 11 is 0. The molecule has 18 heavy (non-hydrogen) atoms. The van der Waals surface area contributed by atoms with E-state index in [1.807, 2.05) is 0 Å². The number of hydrogen-bond donors (Lipinski definition) is 2. The first kappa shape index (κ1) is 14.3. The van der Waals surface area contributed by atoms with Gasteiger partial charge >= 0.3 is 0 Å². The first-order valence-corrected chi connectivity index (χ1v) is 7.82. The Bertz CT molecular complexity index is 249. The SMILES string of the molecule is CCOC1(C(NN)C2CCCC2)CCCC(C)C1. The lowest BCUT2D eigenvalue weighted by Crippen LogP contribution is -2.59. The molecule has 0 spiro atoms. The summed E-state index contributed by atoms with van der Waals surface area (Å²) in [6, 6.07) is 0.350. The topological polar surface area (TPSA) is 47.3 Å². The van der Waals surface area contributed by atoms with Gasteiger partial charge in [0.2, 0.25) is 0 Å². The van der Waals surface area contributed by atoms with Gasteiger partial charge < -0.3 is 4.74 Å². The second-order valence-electron chi connectivity index (χ2n) is 6.39. The van der Waals surface area contributed by atoms with Gasteiger partial charge in [0, 0.05) is 6.61 Å². The van der Waals surface area contributed by atoms with Gasteiger partial charge in [-0.1, -0.05) is 32.6 Å². The van der Waals surface area contributed by atoms with Crippen LogP contribution >= 0.6 is 0 Å². The summed E-state index contributed by atoms with van der Waals surface area (Å²) in [4.78, 5) is 0. The van der Waals surface area contributed by atoms with E-state index in [-0.39, 0.29) is 5.60 Å². The maximum Gasteiger partial charge on any atom is 0.0853 e. The fourth-order valence-corrected chi connectivity index (χ4v) is 4.34. The molecule has 3 N–H and O–H groups in total. The van der Waals surface area contributed by atoms with Gasteiger partial charge in [-0.25, -0.2) is 0 Å². The van der Waals surface area contributed by atoms with Crippen LogP contribution in [0.2, 0.25) is 0 Å². The van der Waals surface area contributed by atoms with Crippen LogP contribution in [0.5, 0.6) is 0 Å². The highest BCUT2D eigenvalue weighted by Gasteiger charge is 2.46. The average molecular weight is 254 g/mol. The first-order chi connectivity index (χ1) is 8.72. The molecule has 0 saturated heterocycles. The first-order valence-electron chi connectivity index (χ1n) is 7.82. The number of rotatable bonds is 5. The molecule has 3 heteroatoms. The molecule has 0 aromatic rings. The maximum atomic E-state index is 6.26. The zero-order chi connectivity index (χ0) is 13.0. The molecule has 0 radical (unpaired) electrons. The summed E-state index contributed by atoms with van der Waals surface area (Å²) in [6.45, 7) is 5.27. The fourth-order valence-electron chi connectivity index (χ4n) is 4.34. The van der Waals surface area contributed by atoms with E-state index >= 15 is 0 Å². The summed E-state index contributed by atoms with van der Waals surface area (Å²) < 4.78 is 6.26. The third-order valence-electron chi connectivity index (χ3n) is 5.04. The largest absolute Gasteiger partial charge is 0.374 e. The van der Waals surface area contributed by atoms with Crippen molar-refractivity contribution in [2.45, 2.75) is 76.9 Å². The van der Waals surface area contributed by atoms with E-state index in [9.17, 15) is 0 Å². The molecule has 0 aliphatic heterocycles. The van der Waals surface area contributed by atoms with Crippen molar-refractivity contribution in [1.29, 1.82) is 0 Å². The molecule has 3 unspecified atom stereocenters. The summed E-state index contributed by atoms with van der Waals surface area (Å²) in [6.07, 6.45) is 10.3. The molecule has 106 valence electrons. The molecule has 3 nitrogen and oxygen atoms in total. The second kappa shape index (κ2) is 6.36. The van der Waals surface area contributed by atoms with E-state index < -0.39 is 0 Å². The Morgan fingerprint density at radius 2 is 2.00 bits per heavy atom. The average Bonchev–Trinajstić information content (AvgIpc) is 2.84. The van der Waals surface area contributed by atoms with Crippen molar-refractivity contribution in [3.8, 4) is 0 Å². The molecule has 2 rings (SSSR count). The molecular weight excluding hydrogens is 224 g/mol. The van der Waals surface area contributed by atoms with Gasteiger partial charge in [-0.2, -0.15) is 0 Å². The zero-order valence-electron chi connectivity index (χ0n) is 12.1. The highest BCUT2D eigenvalue weighted by atomic mass is 16.5. The summed E-state index contributed by atoms with van der Waals surface area (Å²) in [5, 5.41) is 0. The second-order valence-corrected chi connectivity index (χ2v) is 6.39. The number of hydrazine groups is 1. The van der Waals surface area contributed by atoms with Gasteiger partial charge in [-0.05, 0) is 44.4 Å². The molecule has 3 atom stereocenters. The Kier molecular flexibility index (Phi) is 5.05. The predicted octanol–water partition coefficient (Wildman–Crippen LogP) is 2.99. The van der Waals surface area contributed by atoms with Crippen LogP contribution in [-0.4, -0.2) is 18.2 Å². The summed E-state index contributed by atoms with van der Waals surface area (Å²) in [5.41, 5.74) is 3.13. The van der Waals surface area contributed by atoms with Gasteiger partial charge in [0.15, 0.2) is 0 Å². The minimum Gasteiger partial charge on any atom is -0.374 e. The van der Waals surface area contributed by atoms with E-state index in [2.05, 4.69) is 19.3 Å². The predicted molar refractivity (Wildman–Crippen MR) is 75.1 cm³/mol. The molecule has 0 bridgehead atoms. The molecule has 0 aromatic carbocycles. The van der Waals surface area contributed by atoms with Crippen LogP contribution < -0.4 is 11.3 Å². The van der Waals surface area contributed by atoms with E-state index in [1.54, 1.807) is 0 Å². The molecule has 0 heterocycles. The van der Waals surface area contributed by atoms with E-state index in [4.69, 9.17) is 10.6 Å². The highest BCUT2D eigenvalue weighted by molar-refractivity contribution is 5.00. The van der Waals surface area contributed by atoms with Gasteiger partial charge in [0.1, 0.15) is 0 Å². The minimum atomic E-state index is -0.00380. The zero-order valence-corrected chi connectivity index (χ0v) is 12.1. The van der Waals surface area contributed by atoms with Crippen molar-refractivity contribution in [3.05, 3.63) is 0 Å². The van der Waals surface area contributed by atoms with Crippen LogP contribution in [0.15, 0.2) is 0 Å². The smallest absolute Gasteiger partial charge is 0.0853 e. The number of nitrogens with two attached hydrogens (primary N) is 1. The van der Waals surface area contributed by atoms with Crippen LogP contribution in [0.1, 0.15) is 65.2 Å². The van der Waals surface area contributed by atoms with E-state index in [1.165, 1.54) is 51.4 Å². The number of nitrogens with one attached hydrogen (secondary N) is 1. The number of hydrogen-bond acceptors (Lipinski definition) is 3. The number of ether oxygens (including phenoxy) is 1. The van der Waals surface area contributed by atoms with Crippen molar-refractivity contribution >= 4 is 0 Å². The van der Waals surface area contributed by atoms with Crippen LogP contribution in [0.3, 0.4) is 0 Å². The fraction of sp³-hybridized carbons (Fsp3) is 1.00. The van der Waals surface area contributed by atoms with Crippen LogP contribution in [-0.2, 0) is 4.74 Å². The molecule has 2 aliphatic rings. The highest BCUT2D eigenvalue weighted by Crippen LogP contribution is 2.43. The molecule has 2 saturated carbocycles. The molecule has 0 aromatic heterocycles. The van der Waals surface area contributed by atoms with Crippen LogP contribution in [0.25, 0.3) is 0 Å². The van der Waals surface area contributed by atoms with Gasteiger partial charge in [-0.3, -0.25) is 11.3 Å². The van der Waals surface area contributed by atoms with Crippen molar-refractivity contribution < 1.29 is 4.74 Å². The quantitative estimate of drug-likeness (QED) is 0.585. The van der Waals surface area contributed by atoms with Crippen molar-refractivity contribution in [3.63, 3.8) is 0 Å². The maximum absolute atomic E-state index is 6.26. The van der Waals surface area contributed by atoms with Gasteiger partial charge in [0.05, 0.1) is 11.6 Å². The van der Waals surface area contributed by atoms with Crippen molar-refractivity contribution in [2.24, 2.45) is 17.7 Å². The van der Waals surface area contributed by atoms with Crippen LogP contribution in [0.4, 0.5) is 0 Å². The Morgan fingerprint density at radius 1 is 1.28 bits per heavy atom. The standard InChI is InChI=1S/C15H30N2O/c1-3-18-15(10-6-7-12(2)11-15)14(17-16)13-8-4-5-9-13/h12-14,17H,3-11,16H2,1-2H3. The lowest BCUT2D eigenvalue weighted by Gasteiger charge is -2.47. The van der Waals surface area contributed by atoms with Gasteiger partial charge in [-0.15, -0.1) is 0 Å². The lowest BCUT2D eigenvalue weighted by molar-refractivity contribution is -0.112. The summed E-state index contributed by atoms with van der Waals surface area (Å²) in [5.74, 6) is 7.40. The van der Waals surface area contributed by atoms with E-state index in [0.717, 1.165) is 12.5 Å². The molecule has 2 aliphatic carbocycles. The van der Waals surface area contributed by atoms with E-state index in [0.29, 0.717) is 12.0 Å². The lowest BCUT2D eigenvalue weighted by atomic mass is 9.71. The Morgan fingerprint density at radius 3 is 2.56 bits per heavy atom. The minimum absolute atomic E-state index is 0.00380. The Labute approximate surface area is 112 Å². The third-order valence-corrected chi connectivity index (χ3v) is 5.04. The Balaban J connectivity index is 2.14. The van der Waals surface area contributed by atoms with Crippen LogP contribution in [0, 0.1) is 11.8 Å². The molecule has 0 amide bonds. The summed E-state index contributed by atoms with van der Waals surface area (Å²) in [7, 11) is 0. The monoisotopic (exact) mass is 254 g/mol. The van der Waals surface area contributed by atoms with Crippen molar-refractivity contribution in [2.75, 3.05) is 6.61 Å².